The molecule has 1 aromatic rings. The normalized spacial score (nSPS) is 19.6. The van der Waals surface area contributed by atoms with Gasteiger partial charge in [0.25, 0.3) is 0 Å². The molecule has 0 radical (unpaired) electrons. The molecule has 1 aliphatic rings. The van der Waals surface area contributed by atoms with Crippen molar-refractivity contribution in [3.05, 3.63) is 29.6 Å². The Bertz CT molecular complexity index is 436. The van der Waals surface area contributed by atoms with E-state index in [9.17, 15) is 18.0 Å². The van der Waals surface area contributed by atoms with E-state index in [1.165, 1.54) is 0 Å². The number of benzene rings is 1. The first-order valence-electron chi connectivity index (χ1n) is 5.74. The molecule has 98 valence electrons. The maximum Gasteiger partial charge on any atom is 0.228 e. The van der Waals surface area contributed by atoms with Crippen molar-refractivity contribution in [2.45, 2.75) is 12.8 Å². The molecule has 0 aliphatic carbocycles. The van der Waals surface area contributed by atoms with Crippen LogP contribution >= 0.6 is 0 Å². The molecule has 0 bridgehead atoms. The number of rotatable bonds is 2. The van der Waals surface area contributed by atoms with E-state index in [0.717, 1.165) is 31.5 Å². The molecule has 1 aromatic carbocycles. The molecule has 1 aliphatic heterocycles. The summed E-state index contributed by atoms with van der Waals surface area (Å²) in [6.07, 6.45) is 1.61. The fourth-order valence-corrected chi connectivity index (χ4v) is 1.95. The van der Waals surface area contributed by atoms with Gasteiger partial charge in [0, 0.05) is 24.4 Å². The molecule has 3 nitrogen and oxygen atoms in total. The highest BCUT2D eigenvalue weighted by Crippen LogP contribution is 2.19. The number of nitrogens with one attached hydrogen (secondary N) is 2. The van der Waals surface area contributed by atoms with Gasteiger partial charge in [-0.1, -0.05) is 0 Å². The second kappa shape index (κ2) is 5.39. The predicted molar refractivity (Wildman–Crippen MR) is 60.5 cm³/mol. The fraction of sp³-hybridized carbons (Fsp3) is 0.417. The molecule has 0 saturated carbocycles. The first-order chi connectivity index (χ1) is 8.58. The summed E-state index contributed by atoms with van der Waals surface area (Å²) < 4.78 is 38.6. The molecule has 1 amide bonds. The van der Waals surface area contributed by atoms with E-state index in [1.807, 2.05) is 0 Å². The van der Waals surface area contributed by atoms with Gasteiger partial charge in [-0.3, -0.25) is 4.79 Å². The quantitative estimate of drug-likeness (QED) is 0.797. The lowest BCUT2D eigenvalue weighted by Gasteiger charge is -2.21. The number of halogens is 3. The molecule has 0 spiro atoms. The minimum Gasteiger partial charge on any atom is -0.326 e. The van der Waals surface area contributed by atoms with Crippen LogP contribution in [0.5, 0.6) is 0 Å². The fourth-order valence-electron chi connectivity index (χ4n) is 1.95. The van der Waals surface area contributed by atoms with Gasteiger partial charge in [-0.2, -0.15) is 0 Å². The van der Waals surface area contributed by atoms with Crippen molar-refractivity contribution < 1.29 is 18.0 Å². The number of carbonyl (C=O) groups excluding carboxylic acids is 1. The van der Waals surface area contributed by atoms with Gasteiger partial charge in [0.15, 0.2) is 17.5 Å². The number of hydrogen-bond donors (Lipinski definition) is 2. The molecular weight excluding hydrogens is 245 g/mol. The van der Waals surface area contributed by atoms with Gasteiger partial charge in [-0.05, 0) is 19.4 Å². The highest BCUT2D eigenvalue weighted by molar-refractivity contribution is 5.92. The smallest absolute Gasteiger partial charge is 0.228 e. The van der Waals surface area contributed by atoms with Crippen molar-refractivity contribution in [3.63, 3.8) is 0 Å². The SMILES string of the molecule is O=C(Nc1cc(F)c(F)c(F)c1)[C@H]1CCCNC1. The second-order valence-electron chi connectivity index (χ2n) is 4.29. The second-order valence-corrected chi connectivity index (χ2v) is 4.29. The Labute approximate surface area is 102 Å². The third-order valence-corrected chi connectivity index (χ3v) is 2.92. The van der Waals surface area contributed by atoms with Crippen LogP contribution in [0.2, 0.25) is 0 Å². The zero-order chi connectivity index (χ0) is 13.1. The minimum absolute atomic E-state index is 0.0676. The Morgan fingerprint density at radius 1 is 1.28 bits per heavy atom. The predicted octanol–water partition coefficient (Wildman–Crippen LogP) is 2.04. The lowest BCUT2D eigenvalue weighted by atomic mass is 9.99. The molecule has 1 heterocycles. The van der Waals surface area contributed by atoms with E-state index < -0.39 is 17.5 Å². The lowest BCUT2D eigenvalue weighted by Crippen LogP contribution is -2.37. The summed E-state index contributed by atoms with van der Waals surface area (Å²) in [5.74, 6) is -4.70. The molecular formula is C12H13F3N2O. The number of anilines is 1. The van der Waals surface area contributed by atoms with Crippen LogP contribution in [0.3, 0.4) is 0 Å². The van der Waals surface area contributed by atoms with Gasteiger partial charge in [0.2, 0.25) is 5.91 Å². The third-order valence-electron chi connectivity index (χ3n) is 2.92. The van der Waals surface area contributed by atoms with Crippen LogP contribution in [-0.2, 0) is 4.79 Å². The van der Waals surface area contributed by atoms with Gasteiger partial charge >= 0.3 is 0 Å². The van der Waals surface area contributed by atoms with Crippen molar-refractivity contribution in [3.8, 4) is 0 Å². The molecule has 2 N–H and O–H groups in total. The minimum atomic E-state index is -1.53. The van der Waals surface area contributed by atoms with Crippen LogP contribution < -0.4 is 10.6 Å². The monoisotopic (exact) mass is 258 g/mol. The van der Waals surface area contributed by atoms with E-state index in [1.54, 1.807) is 0 Å². The Morgan fingerprint density at radius 3 is 2.50 bits per heavy atom. The van der Waals surface area contributed by atoms with Crippen molar-refractivity contribution in [2.75, 3.05) is 18.4 Å². The van der Waals surface area contributed by atoms with E-state index in [-0.39, 0.29) is 17.5 Å². The molecule has 0 aromatic heterocycles. The van der Waals surface area contributed by atoms with Gasteiger partial charge in [0.05, 0.1) is 5.92 Å². The van der Waals surface area contributed by atoms with Crippen LogP contribution in [-0.4, -0.2) is 19.0 Å². The number of amides is 1. The van der Waals surface area contributed by atoms with E-state index in [4.69, 9.17) is 0 Å². The third kappa shape index (κ3) is 2.81. The Kier molecular flexibility index (Phi) is 3.86. The zero-order valence-electron chi connectivity index (χ0n) is 9.60. The number of carbonyl (C=O) groups is 1. The topological polar surface area (TPSA) is 41.1 Å². The van der Waals surface area contributed by atoms with E-state index in [0.29, 0.717) is 6.54 Å². The van der Waals surface area contributed by atoms with Crippen LogP contribution in [0.1, 0.15) is 12.8 Å². The summed E-state index contributed by atoms with van der Waals surface area (Å²) in [5, 5.41) is 5.46. The highest BCUT2D eigenvalue weighted by atomic mass is 19.2. The van der Waals surface area contributed by atoms with Gasteiger partial charge in [-0.15, -0.1) is 0 Å². The summed E-state index contributed by atoms with van der Waals surface area (Å²) in [5.41, 5.74) is -0.0676. The van der Waals surface area contributed by atoms with Crippen molar-refractivity contribution in [2.24, 2.45) is 5.92 Å². The van der Waals surface area contributed by atoms with Gasteiger partial charge < -0.3 is 10.6 Å². The van der Waals surface area contributed by atoms with Crippen LogP contribution in [0.25, 0.3) is 0 Å². The average molecular weight is 258 g/mol. The van der Waals surface area contributed by atoms with Crippen molar-refractivity contribution in [1.29, 1.82) is 0 Å². The average Bonchev–Trinajstić information content (AvgIpc) is 2.37. The largest absolute Gasteiger partial charge is 0.326 e. The first kappa shape index (κ1) is 12.9. The summed E-state index contributed by atoms with van der Waals surface area (Å²) >= 11 is 0. The Hall–Kier alpha value is -1.56. The molecule has 18 heavy (non-hydrogen) atoms. The van der Waals surface area contributed by atoms with Crippen molar-refractivity contribution >= 4 is 11.6 Å². The summed E-state index contributed by atoms with van der Waals surface area (Å²) in [4.78, 5) is 11.8. The molecule has 1 atom stereocenters. The Balaban J connectivity index is 2.06. The summed E-state index contributed by atoms with van der Waals surface area (Å²) in [6.45, 7) is 1.40. The lowest BCUT2D eigenvalue weighted by molar-refractivity contribution is -0.120. The van der Waals surface area contributed by atoms with Crippen molar-refractivity contribution in [1.82, 2.24) is 5.32 Å². The summed E-state index contributed by atoms with van der Waals surface area (Å²) in [6, 6.07) is 1.54. The van der Waals surface area contributed by atoms with E-state index >= 15 is 0 Å². The molecule has 2 rings (SSSR count). The molecule has 1 saturated heterocycles. The van der Waals surface area contributed by atoms with Gasteiger partial charge in [0.1, 0.15) is 0 Å². The zero-order valence-corrected chi connectivity index (χ0v) is 9.60. The molecule has 0 unspecified atom stereocenters. The van der Waals surface area contributed by atoms with Crippen LogP contribution in [0.4, 0.5) is 18.9 Å². The maximum absolute atomic E-state index is 13.0. The first-order valence-corrected chi connectivity index (χ1v) is 5.74. The summed E-state index contributed by atoms with van der Waals surface area (Å²) in [7, 11) is 0. The number of hydrogen-bond acceptors (Lipinski definition) is 2. The Morgan fingerprint density at radius 2 is 1.94 bits per heavy atom. The van der Waals surface area contributed by atoms with Crippen LogP contribution in [0.15, 0.2) is 12.1 Å². The maximum atomic E-state index is 13.0. The van der Waals surface area contributed by atoms with Gasteiger partial charge in [-0.25, -0.2) is 13.2 Å². The molecule has 1 fully saturated rings. The van der Waals surface area contributed by atoms with Crippen LogP contribution in [0, 0.1) is 23.4 Å². The standard InChI is InChI=1S/C12H13F3N2O/c13-9-4-8(5-10(14)11(9)15)17-12(18)7-2-1-3-16-6-7/h4-5,7,16H,1-3,6H2,(H,17,18)/t7-/m0/s1. The highest BCUT2D eigenvalue weighted by Gasteiger charge is 2.21. The number of piperidine rings is 1. The molecule has 6 heteroatoms. The van der Waals surface area contributed by atoms with E-state index in [2.05, 4.69) is 10.6 Å².